The summed E-state index contributed by atoms with van der Waals surface area (Å²) in [6, 6.07) is 15.4. The van der Waals surface area contributed by atoms with Gasteiger partial charge in [0.1, 0.15) is 5.75 Å². The van der Waals surface area contributed by atoms with Gasteiger partial charge in [-0.3, -0.25) is 9.59 Å². The second-order valence-electron chi connectivity index (χ2n) is 7.42. The van der Waals surface area contributed by atoms with E-state index < -0.39 is 6.10 Å². The number of carbonyl (C=O) groups is 2. The van der Waals surface area contributed by atoms with Crippen LogP contribution in [0.1, 0.15) is 44.4 Å². The van der Waals surface area contributed by atoms with E-state index in [0.717, 1.165) is 12.0 Å². The number of hydrogen-bond donors (Lipinski definition) is 2. The lowest BCUT2D eigenvalue weighted by atomic mass is 10.00. The predicted molar refractivity (Wildman–Crippen MR) is 106 cm³/mol. The van der Waals surface area contributed by atoms with Crippen LogP contribution in [0.25, 0.3) is 0 Å². The molecular formula is C22H26N2O3. The van der Waals surface area contributed by atoms with E-state index in [2.05, 4.69) is 36.6 Å². The van der Waals surface area contributed by atoms with E-state index in [9.17, 15) is 9.59 Å². The van der Waals surface area contributed by atoms with Crippen LogP contribution in [-0.4, -0.2) is 17.9 Å². The molecule has 3 rings (SSSR count). The lowest BCUT2D eigenvalue weighted by Gasteiger charge is -2.26. The minimum absolute atomic E-state index is 0.0179. The number of para-hydroxylation sites is 2. The molecule has 0 unspecified atom stereocenters. The van der Waals surface area contributed by atoms with Crippen LogP contribution in [0.15, 0.2) is 48.5 Å². The number of carbonyl (C=O) groups excluding carboxylic acids is 2. The topological polar surface area (TPSA) is 67.4 Å². The van der Waals surface area contributed by atoms with Crippen molar-refractivity contribution < 1.29 is 14.3 Å². The average molecular weight is 366 g/mol. The third kappa shape index (κ3) is 4.88. The van der Waals surface area contributed by atoms with Crippen LogP contribution >= 0.6 is 0 Å². The molecule has 27 heavy (non-hydrogen) atoms. The summed E-state index contributed by atoms with van der Waals surface area (Å²) in [4.78, 5) is 24.6. The van der Waals surface area contributed by atoms with Crippen molar-refractivity contribution in [3.8, 4) is 5.75 Å². The highest BCUT2D eigenvalue weighted by Crippen LogP contribution is 2.29. The van der Waals surface area contributed by atoms with Crippen molar-refractivity contribution in [2.75, 3.05) is 5.32 Å². The van der Waals surface area contributed by atoms with Crippen molar-refractivity contribution in [1.29, 1.82) is 0 Å². The van der Waals surface area contributed by atoms with E-state index in [4.69, 9.17) is 4.74 Å². The number of anilines is 1. The molecule has 0 fully saturated rings. The molecule has 0 radical (unpaired) electrons. The molecule has 2 aromatic carbocycles. The molecule has 0 aromatic heterocycles. The Morgan fingerprint density at radius 3 is 2.52 bits per heavy atom. The maximum atomic E-state index is 12.4. The lowest BCUT2D eigenvalue weighted by Crippen LogP contribution is -2.41. The number of ether oxygens (including phenoxy) is 1. The van der Waals surface area contributed by atoms with Crippen molar-refractivity contribution in [1.82, 2.24) is 5.32 Å². The van der Waals surface area contributed by atoms with Gasteiger partial charge in [-0.05, 0) is 42.5 Å². The minimum atomic E-state index is -0.819. The standard InChI is InChI=1S/C22H26N2O3/c1-14(2)12-16-8-10-17(11-9-16)15(3)23-21(25)13-20-22(26)24-18-6-4-5-7-19(18)27-20/h4-11,14-15,20H,12-13H2,1-3H3,(H,23,25)(H,24,26)/t15-,20+/m1/s1. The summed E-state index contributed by atoms with van der Waals surface area (Å²) in [5.41, 5.74) is 2.96. The molecule has 5 heteroatoms. The Morgan fingerprint density at radius 2 is 1.81 bits per heavy atom. The number of nitrogens with one attached hydrogen (secondary N) is 2. The molecular weight excluding hydrogens is 340 g/mol. The smallest absolute Gasteiger partial charge is 0.266 e. The fourth-order valence-electron chi connectivity index (χ4n) is 3.19. The first kappa shape index (κ1) is 19.0. The van der Waals surface area contributed by atoms with Gasteiger partial charge in [-0.15, -0.1) is 0 Å². The Balaban J connectivity index is 1.56. The Labute approximate surface area is 160 Å². The van der Waals surface area contributed by atoms with Gasteiger partial charge in [-0.1, -0.05) is 50.2 Å². The molecule has 2 atom stereocenters. The second kappa shape index (κ2) is 8.25. The van der Waals surface area contributed by atoms with Crippen LogP contribution < -0.4 is 15.4 Å². The van der Waals surface area contributed by atoms with Gasteiger partial charge in [-0.2, -0.15) is 0 Å². The van der Waals surface area contributed by atoms with E-state index in [1.165, 1.54) is 5.56 Å². The average Bonchev–Trinajstić information content (AvgIpc) is 2.62. The van der Waals surface area contributed by atoms with E-state index in [0.29, 0.717) is 17.4 Å². The molecule has 142 valence electrons. The fourth-order valence-corrected chi connectivity index (χ4v) is 3.19. The van der Waals surface area contributed by atoms with Crippen molar-refractivity contribution in [3.05, 3.63) is 59.7 Å². The highest BCUT2D eigenvalue weighted by atomic mass is 16.5. The monoisotopic (exact) mass is 366 g/mol. The molecule has 1 aliphatic heterocycles. The van der Waals surface area contributed by atoms with Gasteiger partial charge in [0.05, 0.1) is 18.2 Å². The number of rotatable bonds is 6. The van der Waals surface area contributed by atoms with Crippen LogP contribution in [0.3, 0.4) is 0 Å². The summed E-state index contributed by atoms with van der Waals surface area (Å²) in [6.45, 7) is 6.32. The Kier molecular flexibility index (Phi) is 5.79. The van der Waals surface area contributed by atoms with Gasteiger partial charge in [-0.25, -0.2) is 0 Å². The number of fused-ring (bicyclic) bond motifs is 1. The van der Waals surface area contributed by atoms with Crippen LogP contribution in [0.4, 0.5) is 5.69 Å². The molecule has 0 spiro atoms. The highest BCUT2D eigenvalue weighted by Gasteiger charge is 2.29. The van der Waals surface area contributed by atoms with Crippen LogP contribution in [-0.2, 0) is 16.0 Å². The Morgan fingerprint density at radius 1 is 1.11 bits per heavy atom. The quantitative estimate of drug-likeness (QED) is 0.816. The van der Waals surface area contributed by atoms with Crippen molar-refractivity contribution in [3.63, 3.8) is 0 Å². The third-order valence-electron chi connectivity index (χ3n) is 4.58. The van der Waals surface area contributed by atoms with Gasteiger partial charge in [0, 0.05) is 0 Å². The maximum absolute atomic E-state index is 12.4. The molecule has 0 aliphatic carbocycles. The first-order valence-electron chi connectivity index (χ1n) is 9.37. The number of hydrogen-bond acceptors (Lipinski definition) is 3. The summed E-state index contributed by atoms with van der Waals surface area (Å²) in [5, 5.41) is 5.73. The Bertz CT molecular complexity index is 815. The van der Waals surface area contributed by atoms with Crippen molar-refractivity contribution in [2.24, 2.45) is 5.92 Å². The van der Waals surface area contributed by atoms with Gasteiger partial charge in [0.15, 0.2) is 6.10 Å². The molecule has 1 aliphatic rings. The van der Waals surface area contributed by atoms with Crippen molar-refractivity contribution >= 4 is 17.5 Å². The second-order valence-corrected chi connectivity index (χ2v) is 7.42. The van der Waals surface area contributed by atoms with Gasteiger partial charge >= 0.3 is 0 Å². The predicted octanol–water partition coefficient (Wildman–Crippen LogP) is 3.85. The Hall–Kier alpha value is -2.82. The largest absolute Gasteiger partial charge is 0.478 e. The van der Waals surface area contributed by atoms with Crippen molar-refractivity contribution in [2.45, 2.75) is 45.8 Å². The molecule has 2 amide bonds. The third-order valence-corrected chi connectivity index (χ3v) is 4.58. The summed E-state index contributed by atoms with van der Waals surface area (Å²) >= 11 is 0. The fraction of sp³-hybridized carbons (Fsp3) is 0.364. The van der Waals surface area contributed by atoms with Gasteiger partial charge in [0.25, 0.3) is 5.91 Å². The summed E-state index contributed by atoms with van der Waals surface area (Å²) in [6.07, 6.45) is 0.201. The van der Waals surface area contributed by atoms with E-state index in [1.807, 2.05) is 31.2 Å². The highest BCUT2D eigenvalue weighted by molar-refractivity contribution is 5.99. The summed E-state index contributed by atoms with van der Waals surface area (Å²) in [5.74, 6) is 0.686. The molecule has 2 aromatic rings. The zero-order valence-corrected chi connectivity index (χ0v) is 16.0. The van der Waals surface area contributed by atoms with E-state index >= 15 is 0 Å². The van der Waals surface area contributed by atoms with Crippen LogP contribution in [0.5, 0.6) is 5.75 Å². The maximum Gasteiger partial charge on any atom is 0.266 e. The lowest BCUT2D eigenvalue weighted by molar-refractivity contribution is -0.130. The normalized spacial score (nSPS) is 16.9. The number of amides is 2. The van der Waals surface area contributed by atoms with Gasteiger partial charge < -0.3 is 15.4 Å². The first-order chi connectivity index (χ1) is 12.9. The molecule has 5 nitrogen and oxygen atoms in total. The summed E-state index contributed by atoms with van der Waals surface area (Å²) < 4.78 is 5.68. The van der Waals surface area contributed by atoms with Crippen LogP contribution in [0.2, 0.25) is 0 Å². The molecule has 0 saturated carbocycles. The first-order valence-corrected chi connectivity index (χ1v) is 9.37. The van der Waals surface area contributed by atoms with Gasteiger partial charge in [0.2, 0.25) is 5.91 Å². The molecule has 0 bridgehead atoms. The molecule has 1 heterocycles. The van der Waals surface area contributed by atoms with E-state index in [-0.39, 0.29) is 24.3 Å². The zero-order valence-electron chi connectivity index (χ0n) is 16.0. The molecule has 0 saturated heterocycles. The SMILES string of the molecule is CC(C)Cc1ccc([C@@H](C)NC(=O)C[C@@H]2Oc3ccccc3NC2=O)cc1. The van der Waals surface area contributed by atoms with E-state index in [1.54, 1.807) is 12.1 Å². The summed E-state index contributed by atoms with van der Waals surface area (Å²) in [7, 11) is 0. The zero-order chi connectivity index (χ0) is 19.4. The number of benzene rings is 2. The molecule has 2 N–H and O–H groups in total. The minimum Gasteiger partial charge on any atom is -0.478 e. The van der Waals surface area contributed by atoms with Crippen LogP contribution in [0, 0.1) is 5.92 Å².